The fourth-order valence-corrected chi connectivity index (χ4v) is 2.76. The van der Waals surface area contributed by atoms with E-state index < -0.39 is 0 Å². The number of aryl methyl sites for hydroxylation is 2. The Hall–Kier alpha value is -2.57. The van der Waals surface area contributed by atoms with Crippen LogP contribution < -0.4 is 10.9 Å². The van der Waals surface area contributed by atoms with Crippen molar-refractivity contribution in [3.63, 3.8) is 0 Å². The highest BCUT2D eigenvalue weighted by molar-refractivity contribution is 5.83. The van der Waals surface area contributed by atoms with Crippen molar-refractivity contribution in [2.24, 2.45) is 0 Å². The number of carbonyl (C=O) groups is 1. The molecule has 1 N–H and O–H groups in total. The van der Waals surface area contributed by atoms with Crippen molar-refractivity contribution in [3.8, 4) is 0 Å². The molecular formula is C15H16N4O3. The second kappa shape index (κ2) is 4.46. The highest BCUT2D eigenvalue weighted by atomic mass is 16.3. The number of nitrogens with one attached hydrogen (secondary N) is 1. The summed E-state index contributed by atoms with van der Waals surface area (Å²) in [5.41, 5.74) is 1.66. The lowest BCUT2D eigenvalue weighted by Crippen LogP contribution is -2.35. The fraction of sp³-hybridized carbons (Fsp3) is 0.400. The third kappa shape index (κ3) is 2.01. The summed E-state index contributed by atoms with van der Waals surface area (Å²) in [6, 6.07) is 3.85. The molecule has 0 bridgehead atoms. The molecule has 0 saturated heterocycles. The quantitative estimate of drug-likeness (QED) is 0.786. The second-order valence-corrected chi connectivity index (χ2v) is 5.82. The number of nitrogens with zero attached hydrogens (tertiary/aromatic N) is 3. The molecule has 22 heavy (non-hydrogen) atoms. The maximum Gasteiger partial charge on any atom is 0.291 e. The van der Waals surface area contributed by atoms with Gasteiger partial charge in [0.25, 0.3) is 5.56 Å². The molecule has 1 saturated carbocycles. The van der Waals surface area contributed by atoms with Crippen molar-refractivity contribution < 1.29 is 9.21 Å². The van der Waals surface area contributed by atoms with Crippen molar-refractivity contribution in [1.29, 1.82) is 0 Å². The van der Waals surface area contributed by atoms with E-state index in [0.717, 1.165) is 24.1 Å². The molecule has 1 amide bonds. The van der Waals surface area contributed by atoms with E-state index in [1.165, 1.54) is 4.68 Å². The van der Waals surface area contributed by atoms with Crippen molar-refractivity contribution in [3.05, 3.63) is 34.1 Å². The van der Waals surface area contributed by atoms with Gasteiger partial charge in [0.1, 0.15) is 23.6 Å². The number of aromatic nitrogens is 3. The van der Waals surface area contributed by atoms with Gasteiger partial charge in [-0.15, -0.1) is 0 Å². The Morgan fingerprint density at radius 2 is 2.14 bits per heavy atom. The smallest absolute Gasteiger partial charge is 0.291 e. The van der Waals surface area contributed by atoms with Gasteiger partial charge in [-0.1, -0.05) is 0 Å². The third-order valence-corrected chi connectivity index (χ3v) is 3.89. The van der Waals surface area contributed by atoms with Crippen LogP contribution in [-0.4, -0.2) is 26.1 Å². The Morgan fingerprint density at radius 3 is 2.86 bits per heavy atom. The summed E-state index contributed by atoms with van der Waals surface area (Å²) in [4.78, 5) is 24.4. The molecule has 7 heteroatoms. The van der Waals surface area contributed by atoms with Gasteiger partial charge in [0, 0.05) is 18.2 Å². The Morgan fingerprint density at radius 1 is 1.36 bits per heavy atom. The van der Waals surface area contributed by atoms with Crippen LogP contribution in [0.3, 0.4) is 0 Å². The highest BCUT2D eigenvalue weighted by Gasteiger charge is 2.24. The first-order valence-corrected chi connectivity index (χ1v) is 7.31. The van der Waals surface area contributed by atoms with Crippen LogP contribution in [0, 0.1) is 13.8 Å². The second-order valence-electron chi connectivity index (χ2n) is 5.82. The maximum atomic E-state index is 12.5. The van der Waals surface area contributed by atoms with Gasteiger partial charge < -0.3 is 9.73 Å². The van der Waals surface area contributed by atoms with Crippen LogP contribution in [0.15, 0.2) is 21.3 Å². The molecule has 0 atom stereocenters. The van der Waals surface area contributed by atoms with Gasteiger partial charge in [-0.25, -0.2) is 4.68 Å². The average Bonchev–Trinajstić information content (AvgIpc) is 3.07. The van der Waals surface area contributed by atoms with Crippen molar-refractivity contribution in [1.82, 2.24) is 19.5 Å². The predicted molar refractivity (Wildman–Crippen MR) is 79.9 cm³/mol. The van der Waals surface area contributed by atoms with Crippen LogP contribution in [0.4, 0.5) is 0 Å². The lowest BCUT2D eigenvalue weighted by molar-refractivity contribution is -0.122. The summed E-state index contributed by atoms with van der Waals surface area (Å²) in [7, 11) is 0. The largest absolute Gasteiger partial charge is 0.460 e. The SMILES string of the molecule is Cc1cc2c(cc3c(=O)n(CC(=O)NC4CC4)nc(C)n32)o1. The van der Waals surface area contributed by atoms with E-state index in [1.54, 1.807) is 10.5 Å². The topological polar surface area (TPSA) is 81.5 Å². The summed E-state index contributed by atoms with van der Waals surface area (Å²) in [6.07, 6.45) is 2.03. The fourth-order valence-electron chi connectivity index (χ4n) is 2.76. The molecule has 1 aliphatic rings. The lowest BCUT2D eigenvalue weighted by Gasteiger charge is -2.08. The first-order valence-electron chi connectivity index (χ1n) is 7.31. The first kappa shape index (κ1) is 13.1. The van der Waals surface area contributed by atoms with Gasteiger partial charge in [-0.2, -0.15) is 5.10 Å². The molecule has 0 aliphatic heterocycles. The summed E-state index contributed by atoms with van der Waals surface area (Å²) in [6.45, 7) is 3.61. The highest BCUT2D eigenvalue weighted by Crippen LogP contribution is 2.22. The van der Waals surface area contributed by atoms with Crippen LogP contribution in [0.1, 0.15) is 24.4 Å². The van der Waals surface area contributed by atoms with E-state index in [9.17, 15) is 9.59 Å². The Kier molecular flexibility index (Phi) is 2.66. The number of fused-ring (bicyclic) bond motifs is 3. The van der Waals surface area contributed by atoms with Crippen LogP contribution in [-0.2, 0) is 11.3 Å². The molecule has 7 nitrogen and oxygen atoms in total. The van der Waals surface area contributed by atoms with Crippen molar-refractivity contribution >= 4 is 22.5 Å². The Labute approximate surface area is 125 Å². The molecule has 3 heterocycles. The molecule has 0 radical (unpaired) electrons. The molecule has 0 spiro atoms. The van der Waals surface area contributed by atoms with E-state index in [4.69, 9.17) is 4.42 Å². The van der Waals surface area contributed by atoms with Crippen LogP contribution >= 0.6 is 0 Å². The van der Waals surface area contributed by atoms with E-state index in [2.05, 4.69) is 10.4 Å². The zero-order valence-corrected chi connectivity index (χ0v) is 12.4. The van der Waals surface area contributed by atoms with Crippen LogP contribution in [0.5, 0.6) is 0 Å². The molecule has 1 fully saturated rings. The van der Waals surface area contributed by atoms with Crippen LogP contribution in [0.25, 0.3) is 16.6 Å². The molecule has 0 unspecified atom stereocenters. The number of rotatable bonds is 3. The van der Waals surface area contributed by atoms with Crippen molar-refractivity contribution in [2.45, 2.75) is 39.3 Å². The van der Waals surface area contributed by atoms with E-state index in [1.807, 2.05) is 19.9 Å². The van der Waals surface area contributed by atoms with E-state index in [0.29, 0.717) is 16.9 Å². The zero-order chi connectivity index (χ0) is 15.4. The van der Waals surface area contributed by atoms with Gasteiger partial charge in [0.2, 0.25) is 5.91 Å². The summed E-state index contributed by atoms with van der Waals surface area (Å²) >= 11 is 0. The maximum absolute atomic E-state index is 12.5. The molecule has 3 aromatic rings. The normalized spacial score (nSPS) is 14.8. The minimum absolute atomic E-state index is 0.0573. The number of carbonyl (C=O) groups excluding carboxylic acids is 1. The zero-order valence-electron chi connectivity index (χ0n) is 12.4. The number of hydrogen-bond donors (Lipinski definition) is 1. The Bertz CT molecular complexity index is 959. The van der Waals surface area contributed by atoms with E-state index >= 15 is 0 Å². The monoisotopic (exact) mass is 300 g/mol. The van der Waals surface area contributed by atoms with Gasteiger partial charge in [0.05, 0.1) is 5.52 Å². The first-order chi connectivity index (χ1) is 10.5. The van der Waals surface area contributed by atoms with E-state index in [-0.39, 0.29) is 24.1 Å². The molecule has 0 aromatic carbocycles. The number of furan rings is 1. The van der Waals surface area contributed by atoms with Gasteiger partial charge in [-0.3, -0.25) is 14.0 Å². The summed E-state index contributed by atoms with van der Waals surface area (Å²) < 4.78 is 8.55. The Balaban J connectivity index is 1.81. The van der Waals surface area contributed by atoms with Crippen LogP contribution in [0.2, 0.25) is 0 Å². The third-order valence-electron chi connectivity index (χ3n) is 3.89. The predicted octanol–water partition coefficient (Wildman–Crippen LogP) is 1.14. The van der Waals surface area contributed by atoms with Gasteiger partial charge in [0.15, 0.2) is 5.58 Å². The molecular weight excluding hydrogens is 284 g/mol. The summed E-state index contributed by atoms with van der Waals surface area (Å²) in [5.74, 6) is 1.25. The van der Waals surface area contributed by atoms with Gasteiger partial charge >= 0.3 is 0 Å². The minimum atomic E-state index is -0.291. The van der Waals surface area contributed by atoms with Crippen molar-refractivity contribution in [2.75, 3.05) is 0 Å². The number of amides is 1. The lowest BCUT2D eigenvalue weighted by atomic mass is 10.4. The number of hydrogen-bond acceptors (Lipinski definition) is 4. The molecule has 114 valence electrons. The minimum Gasteiger partial charge on any atom is -0.460 e. The van der Waals surface area contributed by atoms with Gasteiger partial charge in [-0.05, 0) is 26.7 Å². The molecule has 3 aromatic heterocycles. The molecule has 1 aliphatic carbocycles. The molecule has 4 rings (SSSR count). The average molecular weight is 300 g/mol. The summed E-state index contributed by atoms with van der Waals surface area (Å²) in [5, 5.41) is 7.13. The standard InChI is InChI=1S/C15H16N4O3/c1-8-5-11-13(22-8)6-12-15(21)18(17-9(2)19(11)12)7-14(20)16-10-3-4-10/h5-6,10H,3-4,7H2,1-2H3,(H,16,20).